The standard InChI is InChI=1S/C19H23N5O5/c1-19(2,3)29-18(26)23-9-8-15-14(11-23)16(22(4)21-15)17(25)20-12-6-5-7-13(10-12)24(27)28/h5-7,10H,8-9,11H2,1-4H3,(H,20,25). The minimum atomic E-state index is -0.617. The number of nitrogens with zero attached hydrogens (tertiary/aromatic N) is 4. The molecule has 1 N–H and O–H groups in total. The van der Waals surface area contributed by atoms with Crippen molar-refractivity contribution in [2.75, 3.05) is 11.9 Å². The van der Waals surface area contributed by atoms with Crippen LogP contribution in [0.4, 0.5) is 16.2 Å². The molecule has 1 aromatic heterocycles. The summed E-state index contributed by atoms with van der Waals surface area (Å²) in [6, 6.07) is 5.70. The minimum Gasteiger partial charge on any atom is -0.444 e. The monoisotopic (exact) mass is 401 g/mol. The Kier molecular flexibility index (Phi) is 5.27. The Labute approximate surface area is 167 Å². The zero-order valence-corrected chi connectivity index (χ0v) is 16.8. The molecule has 3 rings (SSSR count). The molecular weight excluding hydrogens is 378 g/mol. The zero-order valence-electron chi connectivity index (χ0n) is 16.8. The van der Waals surface area contributed by atoms with E-state index in [1.807, 2.05) is 0 Å². The summed E-state index contributed by atoms with van der Waals surface area (Å²) >= 11 is 0. The number of carbonyl (C=O) groups excluding carboxylic acids is 2. The van der Waals surface area contributed by atoms with Gasteiger partial charge in [-0.15, -0.1) is 0 Å². The average Bonchev–Trinajstić information content (AvgIpc) is 2.95. The highest BCUT2D eigenvalue weighted by atomic mass is 16.6. The van der Waals surface area contributed by atoms with Crippen LogP contribution in [-0.4, -0.2) is 43.7 Å². The molecule has 1 aliphatic rings. The number of nitrogens with one attached hydrogen (secondary N) is 1. The van der Waals surface area contributed by atoms with Gasteiger partial charge in [0.25, 0.3) is 11.6 Å². The molecule has 0 saturated heterocycles. The fraction of sp³-hybridized carbons (Fsp3) is 0.421. The van der Waals surface area contributed by atoms with Crippen LogP contribution in [0.5, 0.6) is 0 Å². The number of amides is 2. The maximum Gasteiger partial charge on any atom is 0.410 e. The number of carbonyl (C=O) groups is 2. The van der Waals surface area contributed by atoms with Gasteiger partial charge in [-0.25, -0.2) is 4.79 Å². The van der Waals surface area contributed by atoms with Crippen LogP contribution in [0, 0.1) is 10.1 Å². The summed E-state index contributed by atoms with van der Waals surface area (Å²) in [6.07, 6.45) is 0.0593. The number of nitro benzene ring substituents is 1. The van der Waals surface area contributed by atoms with Crippen molar-refractivity contribution in [3.63, 3.8) is 0 Å². The number of nitro groups is 1. The lowest BCUT2D eigenvalue weighted by Crippen LogP contribution is -2.40. The first-order valence-electron chi connectivity index (χ1n) is 9.13. The number of hydrogen-bond acceptors (Lipinski definition) is 6. The molecular formula is C19H23N5O5. The Morgan fingerprint density at radius 3 is 2.69 bits per heavy atom. The smallest absolute Gasteiger partial charge is 0.410 e. The largest absolute Gasteiger partial charge is 0.444 e. The van der Waals surface area contributed by atoms with E-state index in [2.05, 4.69) is 10.4 Å². The SMILES string of the molecule is Cn1nc2c(c1C(=O)Nc1cccc([N+](=O)[O-])c1)CN(C(=O)OC(C)(C)C)CC2. The third-order valence-corrected chi connectivity index (χ3v) is 4.38. The number of hydrogen-bond donors (Lipinski definition) is 1. The second kappa shape index (κ2) is 7.53. The number of non-ortho nitro benzene ring substituents is 1. The van der Waals surface area contributed by atoms with Gasteiger partial charge in [0.2, 0.25) is 0 Å². The van der Waals surface area contributed by atoms with Gasteiger partial charge >= 0.3 is 6.09 Å². The maximum atomic E-state index is 12.9. The van der Waals surface area contributed by atoms with Crippen molar-refractivity contribution in [3.8, 4) is 0 Å². The van der Waals surface area contributed by atoms with Gasteiger partial charge in [0.15, 0.2) is 0 Å². The first kappa shape index (κ1) is 20.3. The molecule has 2 heterocycles. The van der Waals surface area contributed by atoms with E-state index in [1.165, 1.54) is 22.9 Å². The van der Waals surface area contributed by atoms with Crippen LogP contribution in [-0.2, 0) is 24.8 Å². The summed E-state index contributed by atoms with van der Waals surface area (Å²) < 4.78 is 6.89. The predicted molar refractivity (Wildman–Crippen MR) is 105 cm³/mol. The topological polar surface area (TPSA) is 120 Å². The molecule has 0 radical (unpaired) electrons. The number of rotatable bonds is 3. The van der Waals surface area contributed by atoms with Gasteiger partial charge in [-0.2, -0.15) is 5.10 Å². The van der Waals surface area contributed by atoms with Gasteiger partial charge in [-0.3, -0.25) is 19.6 Å². The van der Waals surface area contributed by atoms with Gasteiger partial charge < -0.3 is 15.0 Å². The quantitative estimate of drug-likeness (QED) is 0.624. The van der Waals surface area contributed by atoms with Crippen molar-refractivity contribution in [1.82, 2.24) is 14.7 Å². The Balaban J connectivity index is 1.82. The minimum absolute atomic E-state index is 0.120. The van der Waals surface area contributed by atoms with Crippen LogP contribution >= 0.6 is 0 Å². The summed E-state index contributed by atoms with van der Waals surface area (Å²) in [5, 5.41) is 18.0. The lowest BCUT2D eigenvalue weighted by Gasteiger charge is -2.29. The number of benzene rings is 1. The fourth-order valence-electron chi connectivity index (χ4n) is 3.16. The summed E-state index contributed by atoms with van der Waals surface area (Å²) in [5.41, 5.74) is 1.27. The van der Waals surface area contributed by atoms with Crippen LogP contribution in [0.25, 0.3) is 0 Å². The molecule has 0 unspecified atom stereocenters. The average molecular weight is 401 g/mol. The lowest BCUT2D eigenvalue weighted by atomic mass is 10.1. The van der Waals surface area contributed by atoms with E-state index in [9.17, 15) is 19.7 Å². The highest BCUT2D eigenvalue weighted by Crippen LogP contribution is 2.25. The number of aromatic nitrogens is 2. The van der Waals surface area contributed by atoms with Crippen molar-refractivity contribution in [2.24, 2.45) is 7.05 Å². The molecule has 0 bridgehead atoms. The van der Waals surface area contributed by atoms with Crippen molar-refractivity contribution < 1.29 is 19.2 Å². The first-order valence-corrected chi connectivity index (χ1v) is 9.13. The summed E-state index contributed by atoms with van der Waals surface area (Å²) in [6.45, 7) is 6.04. The van der Waals surface area contributed by atoms with E-state index in [4.69, 9.17) is 4.74 Å². The van der Waals surface area contributed by atoms with E-state index in [-0.39, 0.29) is 12.2 Å². The molecule has 1 aliphatic heterocycles. The van der Waals surface area contributed by atoms with E-state index in [0.717, 1.165) is 5.69 Å². The third-order valence-electron chi connectivity index (χ3n) is 4.38. The molecule has 154 valence electrons. The second-order valence-electron chi connectivity index (χ2n) is 7.81. The first-order chi connectivity index (χ1) is 13.5. The Morgan fingerprint density at radius 1 is 1.31 bits per heavy atom. The van der Waals surface area contributed by atoms with E-state index >= 15 is 0 Å². The molecule has 0 aliphatic carbocycles. The van der Waals surface area contributed by atoms with Crippen LogP contribution in [0.15, 0.2) is 24.3 Å². The van der Waals surface area contributed by atoms with Gasteiger partial charge in [0, 0.05) is 43.4 Å². The van der Waals surface area contributed by atoms with Gasteiger partial charge in [-0.1, -0.05) is 6.07 Å². The molecule has 10 nitrogen and oxygen atoms in total. The second-order valence-corrected chi connectivity index (χ2v) is 7.81. The van der Waals surface area contributed by atoms with E-state index in [0.29, 0.717) is 29.9 Å². The molecule has 0 atom stereocenters. The van der Waals surface area contributed by atoms with Crippen LogP contribution in [0.2, 0.25) is 0 Å². The van der Waals surface area contributed by atoms with E-state index in [1.54, 1.807) is 38.8 Å². The Bertz CT molecular complexity index is 976. The van der Waals surface area contributed by atoms with Crippen LogP contribution in [0.3, 0.4) is 0 Å². The van der Waals surface area contributed by atoms with Crippen molar-refractivity contribution in [1.29, 1.82) is 0 Å². The highest BCUT2D eigenvalue weighted by molar-refractivity contribution is 6.04. The fourth-order valence-corrected chi connectivity index (χ4v) is 3.16. The molecule has 0 spiro atoms. The zero-order chi connectivity index (χ0) is 21.3. The summed E-state index contributed by atoms with van der Waals surface area (Å²) in [4.78, 5) is 37.2. The lowest BCUT2D eigenvalue weighted by molar-refractivity contribution is -0.384. The van der Waals surface area contributed by atoms with Crippen molar-refractivity contribution >= 4 is 23.4 Å². The third kappa shape index (κ3) is 4.53. The Hall–Kier alpha value is -3.43. The normalized spacial score (nSPS) is 13.6. The molecule has 1 aromatic carbocycles. The summed E-state index contributed by atoms with van der Waals surface area (Å²) in [5.74, 6) is -0.451. The van der Waals surface area contributed by atoms with Gasteiger partial charge in [0.1, 0.15) is 11.3 Å². The van der Waals surface area contributed by atoms with Gasteiger partial charge in [0.05, 0.1) is 17.2 Å². The number of ether oxygens (including phenoxy) is 1. The van der Waals surface area contributed by atoms with Crippen LogP contribution in [0.1, 0.15) is 42.5 Å². The van der Waals surface area contributed by atoms with Crippen molar-refractivity contribution in [2.45, 2.75) is 39.3 Å². The number of anilines is 1. The number of aryl methyl sites for hydroxylation is 1. The van der Waals surface area contributed by atoms with E-state index < -0.39 is 22.5 Å². The molecule has 29 heavy (non-hydrogen) atoms. The highest BCUT2D eigenvalue weighted by Gasteiger charge is 2.31. The molecule has 2 amide bonds. The Morgan fingerprint density at radius 2 is 2.03 bits per heavy atom. The predicted octanol–water partition coefficient (Wildman–Crippen LogP) is 2.87. The van der Waals surface area contributed by atoms with Gasteiger partial charge in [-0.05, 0) is 26.8 Å². The maximum absolute atomic E-state index is 12.9. The van der Waals surface area contributed by atoms with Crippen molar-refractivity contribution in [3.05, 3.63) is 51.3 Å². The molecule has 10 heteroatoms. The molecule has 0 fully saturated rings. The van der Waals surface area contributed by atoms with Crippen LogP contribution < -0.4 is 5.32 Å². The molecule has 0 saturated carbocycles. The molecule has 2 aromatic rings. The summed E-state index contributed by atoms with van der Waals surface area (Å²) in [7, 11) is 1.65. The number of fused-ring (bicyclic) bond motifs is 1.